The summed E-state index contributed by atoms with van der Waals surface area (Å²) in [5, 5.41) is 13.4. The van der Waals surface area contributed by atoms with E-state index in [-0.39, 0.29) is 5.69 Å². The Morgan fingerprint density at radius 2 is 1.71 bits per heavy atom. The lowest BCUT2D eigenvalue weighted by Gasteiger charge is -2.28. The molecule has 0 spiro atoms. The van der Waals surface area contributed by atoms with Gasteiger partial charge in [-0.05, 0) is 42.0 Å². The number of hydrogen-bond donors (Lipinski definition) is 0. The molecule has 0 saturated carbocycles. The predicted octanol–water partition coefficient (Wildman–Crippen LogP) is 4.31. The van der Waals surface area contributed by atoms with Crippen LogP contribution in [0.4, 0.5) is 17.1 Å². The number of imide groups is 1. The largest absolute Gasteiger partial charge is 0.497 e. The van der Waals surface area contributed by atoms with Crippen LogP contribution < -0.4 is 14.7 Å². The number of hydrogen-bond acceptors (Lipinski definition) is 7. The molecule has 0 unspecified atom stereocenters. The van der Waals surface area contributed by atoms with Crippen molar-refractivity contribution < 1.29 is 24.1 Å². The van der Waals surface area contributed by atoms with Crippen molar-refractivity contribution in [2.24, 2.45) is 5.92 Å². The second-order valence-electron chi connectivity index (χ2n) is 7.86. The minimum absolute atomic E-state index is 0.126. The Hall–Kier alpha value is -3.95. The van der Waals surface area contributed by atoms with Crippen molar-refractivity contribution in [1.29, 1.82) is 0 Å². The number of nitrogens with zero attached hydrogens (tertiary/aromatic N) is 3. The molecule has 2 aliphatic heterocycles. The van der Waals surface area contributed by atoms with Gasteiger partial charge in [-0.2, -0.15) is 0 Å². The third-order valence-electron chi connectivity index (χ3n) is 5.93. The van der Waals surface area contributed by atoms with E-state index in [0.29, 0.717) is 27.7 Å². The highest BCUT2D eigenvalue weighted by molar-refractivity contribution is 6.30. The Kier molecular flexibility index (Phi) is 5.43. The highest BCUT2D eigenvalue weighted by atomic mass is 35.5. The van der Waals surface area contributed by atoms with Crippen LogP contribution in [0.2, 0.25) is 5.02 Å². The van der Waals surface area contributed by atoms with E-state index in [9.17, 15) is 19.7 Å². The van der Waals surface area contributed by atoms with Gasteiger partial charge in [0.15, 0.2) is 6.10 Å². The van der Waals surface area contributed by atoms with E-state index in [1.54, 1.807) is 60.7 Å². The van der Waals surface area contributed by atoms with E-state index < -0.39 is 34.8 Å². The third kappa shape index (κ3) is 3.55. The lowest BCUT2D eigenvalue weighted by Crippen LogP contribution is -2.37. The minimum atomic E-state index is -1.10. The van der Waals surface area contributed by atoms with Gasteiger partial charge >= 0.3 is 0 Å². The molecule has 2 amide bonds. The molecule has 5 rings (SSSR count). The maximum Gasteiger partial charge on any atom is 0.269 e. The molecule has 2 heterocycles. The molecule has 3 aromatic rings. The molecule has 10 heteroatoms. The van der Waals surface area contributed by atoms with Crippen LogP contribution >= 0.6 is 11.6 Å². The Morgan fingerprint density at radius 1 is 0.971 bits per heavy atom. The molecular formula is C24H18ClN3O6. The fourth-order valence-electron chi connectivity index (χ4n) is 4.39. The molecule has 34 heavy (non-hydrogen) atoms. The maximum absolute atomic E-state index is 13.6. The van der Waals surface area contributed by atoms with Crippen molar-refractivity contribution in [3.05, 3.63) is 93.5 Å². The molecule has 2 fully saturated rings. The van der Waals surface area contributed by atoms with Crippen molar-refractivity contribution >= 4 is 40.5 Å². The molecule has 0 radical (unpaired) electrons. The topological polar surface area (TPSA) is 102 Å². The summed E-state index contributed by atoms with van der Waals surface area (Å²) in [4.78, 5) is 45.0. The van der Waals surface area contributed by atoms with Crippen LogP contribution in [-0.2, 0) is 14.4 Å². The normalized spacial score (nSPS) is 21.6. The van der Waals surface area contributed by atoms with E-state index in [1.165, 1.54) is 24.3 Å². The van der Waals surface area contributed by atoms with Gasteiger partial charge in [-0.15, -0.1) is 0 Å². The zero-order valence-corrected chi connectivity index (χ0v) is 18.6. The standard InChI is InChI=1S/C24H18ClN3O6/c1-33-19-7-3-5-17(13-19)26-23(29)20-21(14-4-2-6-18(12-14)28(31)32)27(34-22(20)24(26)30)16-10-8-15(25)9-11-16/h2-13,20-22H,1H3/t20-,21-,22+/m0/s1. The van der Waals surface area contributed by atoms with Crippen LogP contribution in [0.1, 0.15) is 11.6 Å². The predicted molar refractivity (Wildman–Crippen MR) is 124 cm³/mol. The van der Waals surface area contributed by atoms with Gasteiger partial charge < -0.3 is 4.74 Å². The molecular weight excluding hydrogens is 462 g/mol. The number of carbonyl (C=O) groups excluding carboxylic acids is 2. The number of fused-ring (bicyclic) bond motifs is 1. The summed E-state index contributed by atoms with van der Waals surface area (Å²) in [5.74, 6) is -1.41. The van der Waals surface area contributed by atoms with Crippen molar-refractivity contribution in [3.8, 4) is 5.75 Å². The first-order valence-electron chi connectivity index (χ1n) is 10.4. The lowest BCUT2D eigenvalue weighted by molar-refractivity contribution is -0.384. The van der Waals surface area contributed by atoms with Gasteiger partial charge in [-0.1, -0.05) is 29.8 Å². The van der Waals surface area contributed by atoms with Crippen LogP contribution in [0, 0.1) is 16.0 Å². The average molecular weight is 480 g/mol. The summed E-state index contributed by atoms with van der Waals surface area (Å²) in [6.07, 6.45) is -1.10. The molecule has 3 aromatic carbocycles. The second-order valence-corrected chi connectivity index (χ2v) is 8.30. The zero-order valence-electron chi connectivity index (χ0n) is 17.8. The van der Waals surface area contributed by atoms with Crippen molar-refractivity contribution in [1.82, 2.24) is 0 Å². The minimum Gasteiger partial charge on any atom is -0.497 e. The highest BCUT2D eigenvalue weighted by Gasteiger charge is 2.60. The number of halogens is 1. The first-order valence-corrected chi connectivity index (χ1v) is 10.7. The van der Waals surface area contributed by atoms with Crippen LogP contribution in [0.3, 0.4) is 0 Å². The Bertz CT molecular complexity index is 1300. The molecule has 172 valence electrons. The highest BCUT2D eigenvalue weighted by Crippen LogP contribution is 2.48. The zero-order chi connectivity index (χ0) is 24.0. The van der Waals surface area contributed by atoms with Crippen LogP contribution in [0.25, 0.3) is 0 Å². The summed E-state index contributed by atoms with van der Waals surface area (Å²) in [6, 6.07) is 18.5. The van der Waals surface area contributed by atoms with Gasteiger partial charge in [0.1, 0.15) is 11.7 Å². The van der Waals surface area contributed by atoms with Crippen molar-refractivity contribution in [2.75, 3.05) is 17.1 Å². The lowest BCUT2D eigenvalue weighted by atomic mass is 9.90. The van der Waals surface area contributed by atoms with E-state index in [4.69, 9.17) is 21.2 Å². The summed E-state index contributed by atoms with van der Waals surface area (Å²) in [7, 11) is 1.49. The SMILES string of the molecule is COc1cccc(N2C(=O)[C@@H]3[C@@H](ON(c4ccc(Cl)cc4)[C@H]3c3cccc([N+](=O)[O-])c3)C2=O)c1. The third-order valence-corrected chi connectivity index (χ3v) is 6.18. The summed E-state index contributed by atoms with van der Waals surface area (Å²) in [5.41, 5.74) is 1.27. The van der Waals surface area contributed by atoms with E-state index >= 15 is 0 Å². The van der Waals surface area contributed by atoms with Gasteiger partial charge in [-0.25, -0.2) is 9.96 Å². The van der Waals surface area contributed by atoms with Gasteiger partial charge in [0.25, 0.3) is 11.6 Å². The van der Waals surface area contributed by atoms with E-state index in [2.05, 4.69) is 0 Å². The summed E-state index contributed by atoms with van der Waals surface area (Å²) in [6.45, 7) is 0. The number of non-ortho nitro benzene ring substituents is 1. The number of carbonyl (C=O) groups is 2. The van der Waals surface area contributed by atoms with Crippen LogP contribution in [-0.4, -0.2) is 30.0 Å². The molecule has 0 N–H and O–H groups in total. The Morgan fingerprint density at radius 3 is 2.41 bits per heavy atom. The molecule has 3 atom stereocenters. The number of nitro groups is 1. The molecule has 2 aliphatic rings. The van der Waals surface area contributed by atoms with Crippen LogP contribution in [0.5, 0.6) is 5.75 Å². The van der Waals surface area contributed by atoms with E-state index in [1.807, 2.05) is 0 Å². The van der Waals surface area contributed by atoms with Gasteiger partial charge in [-0.3, -0.25) is 24.5 Å². The maximum atomic E-state index is 13.6. The number of methoxy groups -OCH3 is 1. The number of rotatable bonds is 5. The first kappa shape index (κ1) is 21.9. The Balaban J connectivity index is 1.60. The van der Waals surface area contributed by atoms with Gasteiger partial charge in [0.2, 0.25) is 5.91 Å². The van der Waals surface area contributed by atoms with Crippen molar-refractivity contribution in [2.45, 2.75) is 12.1 Å². The fraction of sp³-hybridized carbons (Fsp3) is 0.167. The summed E-state index contributed by atoms with van der Waals surface area (Å²) >= 11 is 6.02. The molecule has 0 aromatic heterocycles. The molecule has 0 aliphatic carbocycles. The molecule has 2 saturated heterocycles. The Labute approximate surface area is 199 Å². The average Bonchev–Trinajstić information content (AvgIpc) is 3.35. The number of amides is 2. The number of ether oxygens (including phenoxy) is 1. The number of nitro benzene ring substituents is 1. The quantitative estimate of drug-likeness (QED) is 0.305. The van der Waals surface area contributed by atoms with Gasteiger partial charge in [0.05, 0.1) is 29.4 Å². The summed E-state index contributed by atoms with van der Waals surface area (Å²) < 4.78 is 5.23. The number of hydroxylamine groups is 1. The number of anilines is 2. The smallest absolute Gasteiger partial charge is 0.269 e. The monoisotopic (exact) mass is 479 g/mol. The molecule has 9 nitrogen and oxygen atoms in total. The van der Waals surface area contributed by atoms with Crippen molar-refractivity contribution in [3.63, 3.8) is 0 Å². The van der Waals surface area contributed by atoms with Crippen LogP contribution in [0.15, 0.2) is 72.8 Å². The fourth-order valence-corrected chi connectivity index (χ4v) is 4.52. The first-order chi connectivity index (χ1) is 16.4. The molecule has 0 bridgehead atoms. The van der Waals surface area contributed by atoms with E-state index in [0.717, 1.165) is 4.90 Å². The van der Waals surface area contributed by atoms with Gasteiger partial charge in [0, 0.05) is 23.2 Å². The second kappa shape index (κ2) is 8.44. The number of benzene rings is 3.